The number of hydrogen-bond donors (Lipinski definition) is 2. The van der Waals surface area contributed by atoms with Crippen LogP contribution >= 0.6 is 35.4 Å². The number of thiocarbonyl (C=S) groups is 1. The number of nitrogens with one attached hydrogen (secondary N) is 2. The highest BCUT2D eigenvalue weighted by atomic mass is 35.5. The van der Waals surface area contributed by atoms with E-state index in [1.165, 1.54) is 0 Å². The van der Waals surface area contributed by atoms with Crippen LogP contribution in [0.5, 0.6) is 0 Å². The highest BCUT2D eigenvalue weighted by Crippen LogP contribution is 2.27. The van der Waals surface area contributed by atoms with Crippen molar-refractivity contribution in [3.63, 3.8) is 0 Å². The Labute approximate surface area is 157 Å². The second kappa shape index (κ2) is 8.33. The van der Waals surface area contributed by atoms with E-state index in [1.54, 1.807) is 18.4 Å². The molecule has 1 aromatic carbocycles. The zero-order valence-corrected chi connectivity index (χ0v) is 15.8. The highest BCUT2D eigenvalue weighted by molar-refractivity contribution is 7.80. The predicted molar refractivity (Wildman–Crippen MR) is 107 cm³/mol. The summed E-state index contributed by atoms with van der Waals surface area (Å²) in [6, 6.07) is 7.61. The van der Waals surface area contributed by atoms with E-state index in [4.69, 9.17) is 35.4 Å². The maximum Gasteiger partial charge on any atom is 0.187 e. The molecule has 0 saturated heterocycles. The van der Waals surface area contributed by atoms with Crippen molar-refractivity contribution in [1.82, 2.24) is 15.3 Å². The second-order valence-corrected chi connectivity index (χ2v) is 6.35. The summed E-state index contributed by atoms with van der Waals surface area (Å²) in [4.78, 5) is 0. The van der Waals surface area contributed by atoms with E-state index in [1.807, 2.05) is 32.0 Å². The molecule has 0 aliphatic carbocycles. The van der Waals surface area contributed by atoms with Gasteiger partial charge in [0.25, 0.3) is 0 Å². The zero-order valence-electron chi connectivity index (χ0n) is 13.4. The Kier molecular flexibility index (Phi) is 6.43. The van der Waals surface area contributed by atoms with Crippen molar-refractivity contribution in [1.29, 1.82) is 0 Å². The monoisotopic (exact) mass is 380 g/mol. The fourth-order valence-electron chi connectivity index (χ4n) is 2.30. The van der Waals surface area contributed by atoms with Crippen LogP contribution in [0.3, 0.4) is 0 Å². The molecule has 2 rings (SSSR count). The zero-order chi connectivity index (χ0) is 17.7. The molecule has 0 unspecified atom stereocenters. The van der Waals surface area contributed by atoms with Crippen LogP contribution in [0.15, 0.2) is 42.0 Å². The first-order valence-corrected chi connectivity index (χ1v) is 8.42. The minimum Gasteiger partial charge on any atom is -0.358 e. The number of aromatic nitrogens is 1. The number of hydrogen-bond acceptors (Lipinski definition) is 2. The van der Waals surface area contributed by atoms with Crippen molar-refractivity contribution in [2.24, 2.45) is 5.10 Å². The Balaban J connectivity index is 2.21. The minimum absolute atomic E-state index is 0.449. The first-order valence-electron chi connectivity index (χ1n) is 7.26. The smallest absolute Gasteiger partial charge is 0.187 e. The van der Waals surface area contributed by atoms with Crippen LogP contribution in [-0.4, -0.2) is 22.4 Å². The van der Waals surface area contributed by atoms with Gasteiger partial charge in [0.05, 0.1) is 16.3 Å². The number of halogens is 2. The van der Waals surface area contributed by atoms with Gasteiger partial charge >= 0.3 is 0 Å². The van der Waals surface area contributed by atoms with Crippen molar-refractivity contribution in [3.8, 4) is 5.69 Å². The second-order valence-electron chi connectivity index (χ2n) is 5.13. The lowest BCUT2D eigenvalue weighted by Crippen LogP contribution is -2.31. The van der Waals surface area contributed by atoms with Gasteiger partial charge < -0.3 is 9.88 Å². The molecule has 2 N–H and O–H groups in total. The normalized spacial score (nSPS) is 10.8. The van der Waals surface area contributed by atoms with Crippen LogP contribution in [0.25, 0.3) is 5.69 Å². The Hall–Kier alpha value is -1.82. The third-order valence-corrected chi connectivity index (χ3v) is 4.38. The molecule has 0 radical (unpaired) electrons. The minimum atomic E-state index is 0.449. The van der Waals surface area contributed by atoms with Gasteiger partial charge in [-0.15, -0.1) is 6.58 Å². The molecule has 0 bridgehead atoms. The molecule has 0 spiro atoms. The standard InChI is InChI=1S/C17H18Cl2N4S/c1-4-7-20-17(24)22-21-10-13-8-11(2)23(12(13)3)14-5-6-15(18)16(19)9-14/h4-6,8-10H,1,7H2,2-3H3,(H2,20,22,24)/b21-10+. The molecule has 0 aliphatic heterocycles. The van der Waals surface area contributed by atoms with E-state index in [0.717, 1.165) is 22.6 Å². The molecule has 24 heavy (non-hydrogen) atoms. The van der Waals surface area contributed by atoms with Crippen molar-refractivity contribution >= 4 is 46.7 Å². The largest absolute Gasteiger partial charge is 0.358 e. The molecular weight excluding hydrogens is 363 g/mol. The number of hydrazone groups is 1. The summed E-state index contributed by atoms with van der Waals surface area (Å²) in [5, 5.41) is 8.62. The Morgan fingerprint density at radius 3 is 2.71 bits per heavy atom. The van der Waals surface area contributed by atoms with E-state index in [9.17, 15) is 0 Å². The lowest BCUT2D eigenvalue weighted by atomic mass is 10.2. The summed E-state index contributed by atoms with van der Waals surface area (Å²) in [6.45, 7) is 8.25. The van der Waals surface area contributed by atoms with E-state index in [-0.39, 0.29) is 0 Å². The first-order chi connectivity index (χ1) is 11.4. The van der Waals surface area contributed by atoms with Gasteiger partial charge in [0.1, 0.15) is 0 Å². The number of rotatable bonds is 5. The maximum atomic E-state index is 6.13. The van der Waals surface area contributed by atoms with Crippen molar-refractivity contribution in [2.45, 2.75) is 13.8 Å². The maximum absolute atomic E-state index is 6.13. The summed E-state index contributed by atoms with van der Waals surface area (Å²) in [7, 11) is 0. The molecule has 0 fully saturated rings. The van der Waals surface area contributed by atoms with Crippen molar-refractivity contribution < 1.29 is 0 Å². The fraction of sp³-hybridized carbons (Fsp3) is 0.176. The average Bonchev–Trinajstić information content (AvgIpc) is 2.82. The number of nitrogens with zero attached hydrogens (tertiary/aromatic N) is 2. The molecule has 7 heteroatoms. The van der Waals surface area contributed by atoms with Crippen LogP contribution in [0, 0.1) is 13.8 Å². The Morgan fingerprint density at radius 1 is 1.29 bits per heavy atom. The quantitative estimate of drug-likeness (QED) is 0.350. The summed E-state index contributed by atoms with van der Waals surface area (Å²) in [6.07, 6.45) is 3.46. The van der Waals surface area contributed by atoms with Gasteiger partial charge in [-0.1, -0.05) is 29.3 Å². The van der Waals surface area contributed by atoms with Crippen LogP contribution in [0.2, 0.25) is 10.0 Å². The van der Waals surface area contributed by atoms with Crippen LogP contribution < -0.4 is 10.7 Å². The molecule has 1 heterocycles. The molecule has 0 atom stereocenters. The molecule has 1 aromatic heterocycles. The summed E-state index contributed by atoms with van der Waals surface area (Å²) in [5.74, 6) is 0. The highest BCUT2D eigenvalue weighted by Gasteiger charge is 2.10. The average molecular weight is 381 g/mol. The summed E-state index contributed by atoms with van der Waals surface area (Å²) in [5.41, 5.74) is 6.82. The van der Waals surface area contributed by atoms with Gasteiger partial charge in [-0.3, -0.25) is 5.43 Å². The van der Waals surface area contributed by atoms with Crippen molar-refractivity contribution in [2.75, 3.05) is 6.54 Å². The Morgan fingerprint density at radius 2 is 2.04 bits per heavy atom. The van der Waals surface area contributed by atoms with Crippen LogP contribution in [-0.2, 0) is 0 Å². The SMILES string of the molecule is C=CCNC(=S)N/N=C/c1cc(C)n(-c2ccc(Cl)c(Cl)c2)c1C. The van der Waals surface area contributed by atoms with E-state index >= 15 is 0 Å². The summed E-state index contributed by atoms with van der Waals surface area (Å²) >= 11 is 17.2. The molecule has 126 valence electrons. The molecule has 0 amide bonds. The topological polar surface area (TPSA) is 41.4 Å². The number of benzene rings is 1. The van der Waals surface area contributed by atoms with Gasteiger partial charge in [-0.25, -0.2) is 0 Å². The predicted octanol–water partition coefficient (Wildman–Crippen LogP) is 4.38. The Bertz CT molecular complexity index is 796. The molecular formula is C17H18Cl2N4S. The molecule has 2 aromatic rings. The molecule has 0 saturated carbocycles. The lowest BCUT2D eigenvalue weighted by molar-refractivity contribution is 0.940. The summed E-state index contributed by atoms with van der Waals surface area (Å²) < 4.78 is 2.10. The van der Waals surface area contributed by atoms with Gasteiger partial charge in [0.15, 0.2) is 5.11 Å². The van der Waals surface area contributed by atoms with Gasteiger partial charge in [0, 0.05) is 29.2 Å². The van der Waals surface area contributed by atoms with E-state index in [2.05, 4.69) is 27.0 Å². The fourth-order valence-corrected chi connectivity index (χ4v) is 2.73. The molecule has 0 aliphatic rings. The first kappa shape index (κ1) is 18.5. The lowest BCUT2D eigenvalue weighted by Gasteiger charge is -2.10. The van der Waals surface area contributed by atoms with Crippen LogP contribution in [0.4, 0.5) is 0 Å². The van der Waals surface area contributed by atoms with Gasteiger partial charge in [0.2, 0.25) is 0 Å². The third-order valence-electron chi connectivity index (χ3n) is 3.41. The van der Waals surface area contributed by atoms with E-state index < -0.39 is 0 Å². The van der Waals surface area contributed by atoms with Gasteiger partial charge in [-0.2, -0.15) is 5.10 Å². The molecule has 4 nitrogen and oxygen atoms in total. The third kappa shape index (κ3) is 4.38. The van der Waals surface area contributed by atoms with Crippen molar-refractivity contribution in [3.05, 3.63) is 63.9 Å². The van der Waals surface area contributed by atoms with Crippen LogP contribution in [0.1, 0.15) is 17.0 Å². The number of aryl methyl sites for hydroxylation is 1. The van der Waals surface area contributed by atoms with E-state index in [0.29, 0.717) is 21.7 Å². The van der Waals surface area contributed by atoms with Gasteiger partial charge in [-0.05, 0) is 50.3 Å².